The van der Waals surface area contributed by atoms with Gasteiger partial charge in [-0.05, 0) is 12.1 Å². The minimum atomic E-state index is -0.397. The number of aromatic amines is 1. The molecule has 2 rings (SSSR count). The maximum atomic E-state index is 11.2. The van der Waals surface area contributed by atoms with E-state index in [1.54, 1.807) is 12.1 Å². The number of anilines is 3. The van der Waals surface area contributed by atoms with Crippen LogP contribution < -0.4 is 16.6 Å². The highest BCUT2D eigenvalue weighted by Gasteiger charge is 2.04. The number of hydrogen-bond donors (Lipinski definition) is 3. The summed E-state index contributed by atoms with van der Waals surface area (Å²) in [4.78, 5) is 21.4. The number of nitrogens with two attached hydrogens (primary N) is 1. The molecule has 6 nitrogen and oxygen atoms in total. The summed E-state index contributed by atoms with van der Waals surface area (Å²) in [5.41, 5.74) is 5.15. The van der Waals surface area contributed by atoms with E-state index in [1.807, 2.05) is 0 Å². The smallest absolute Gasteiger partial charge is 0.276 e. The first-order chi connectivity index (χ1) is 7.66. The van der Waals surface area contributed by atoms with Crippen molar-refractivity contribution in [2.24, 2.45) is 0 Å². The molecular weight excluding hydrogens is 230 g/mol. The van der Waals surface area contributed by atoms with E-state index in [0.29, 0.717) is 10.8 Å². The molecule has 0 bridgehead atoms. The SMILES string of the molecule is Nc1c(Nc2ccc(Cl)cn2)nc[nH]c1=O. The zero-order valence-corrected chi connectivity index (χ0v) is 8.82. The average Bonchev–Trinajstić information content (AvgIpc) is 2.28. The molecule has 0 amide bonds. The van der Waals surface area contributed by atoms with Crippen LogP contribution in [0.2, 0.25) is 5.02 Å². The van der Waals surface area contributed by atoms with Gasteiger partial charge in [0, 0.05) is 6.20 Å². The summed E-state index contributed by atoms with van der Waals surface area (Å²) in [5, 5.41) is 3.34. The second kappa shape index (κ2) is 4.19. The lowest BCUT2D eigenvalue weighted by molar-refractivity contribution is 1.12. The summed E-state index contributed by atoms with van der Waals surface area (Å²) in [6, 6.07) is 3.32. The Labute approximate surface area is 95.5 Å². The Morgan fingerprint density at radius 1 is 1.38 bits per heavy atom. The standard InChI is InChI=1S/C9H8ClN5O/c10-5-1-2-6(12-3-5)15-8-7(11)9(16)14-4-13-8/h1-4H,11H2,(H2,12,13,14,15,16). The van der Waals surface area contributed by atoms with Crippen molar-refractivity contribution >= 4 is 28.9 Å². The number of H-pyrrole nitrogens is 1. The van der Waals surface area contributed by atoms with Crippen molar-refractivity contribution in [2.45, 2.75) is 0 Å². The van der Waals surface area contributed by atoms with Gasteiger partial charge in [0.1, 0.15) is 11.5 Å². The van der Waals surface area contributed by atoms with Gasteiger partial charge in [0.05, 0.1) is 11.3 Å². The third kappa shape index (κ3) is 2.12. The Morgan fingerprint density at radius 3 is 2.88 bits per heavy atom. The molecule has 0 aliphatic carbocycles. The van der Waals surface area contributed by atoms with Crippen LogP contribution in [0, 0.1) is 0 Å². The minimum Gasteiger partial charge on any atom is -0.391 e. The van der Waals surface area contributed by atoms with E-state index >= 15 is 0 Å². The Hall–Kier alpha value is -2.08. The van der Waals surface area contributed by atoms with Gasteiger partial charge in [0.15, 0.2) is 5.82 Å². The van der Waals surface area contributed by atoms with Crippen LogP contribution in [0.3, 0.4) is 0 Å². The first kappa shape index (κ1) is 10.4. The first-order valence-corrected chi connectivity index (χ1v) is 4.76. The maximum Gasteiger partial charge on any atom is 0.276 e. The Morgan fingerprint density at radius 2 is 2.19 bits per heavy atom. The van der Waals surface area contributed by atoms with Gasteiger partial charge in [-0.1, -0.05) is 11.6 Å². The summed E-state index contributed by atoms with van der Waals surface area (Å²) < 4.78 is 0. The van der Waals surface area contributed by atoms with E-state index in [0.717, 1.165) is 0 Å². The van der Waals surface area contributed by atoms with E-state index in [9.17, 15) is 4.79 Å². The molecule has 2 aromatic rings. The normalized spacial score (nSPS) is 10.1. The maximum absolute atomic E-state index is 11.2. The minimum absolute atomic E-state index is 0.0132. The number of nitrogen functional groups attached to an aromatic ring is 1. The fourth-order valence-corrected chi connectivity index (χ4v) is 1.19. The number of pyridine rings is 1. The van der Waals surface area contributed by atoms with Crippen molar-refractivity contribution in [3.8, 4) is 0 Å². The van der Waals surface area contributed by atoms with Crippen molar-refractivity contribution in [3.05, 3.63) is 40.0 Å². The number of rotatable bonds is 2. The molecule has 0 unspecified atom stereocenters. The molecule has 0 aliphatic heterocycles. The summed E-state index contributed by atoms with van der Waals surface area (Å²) >= 11 is 5.69. The quantitative estimate of drug-likeness (QED) is 0.728. The molecular formula is C9H8ClN5O. The molecule has 82 valence electrons. The number of nitrogens with one attached hydrogen (secondary N) is 2. The van der Waals surface area contributed by atoms with Crippen molar-refractivity contribution < 1.29 is 0 Å². The van der Waals surface area contributed by atoms with Gasteiger partial charge in [-0.25, -0.2) is 9.97 Å². The van der Waals surface area contributed by atoms with Crippen molar-refractivity contribution in [2.75, 3.05) is 11.1 Å². The average molecular weight is 238 g/mol. The zero-order valence-electron chi connectivity index (χ0n) is 8.07. The largest absolute Gasteiger partial charge is 0.391 e. The second-order valence-electron chi connectivity index (χ2n) is 2.98. The highest BCUT2D eigenvalue weighted by atomic mass is 35.5. The van der Waals surface area contributed by atoms with Gasteiger partial charge in [-0.3, -0.25) is 4.79 Å². The molecule has 0 atom stereocenters. The number of halogens is 1. The molecule has 0 aromatic carbocycles. The molecule has 0 fully saturated rings. The van der Waals surface area contributed by atoms with E-state index in [1.165, 1.54) is 12.5 Å². The van der Waals surface area contributed by atoms with Crippen molar-refractivity contribution in [3.63, 3.8) is 0 Å². The lowest BCUT2D eigenvalue weighted by Crippen LogP contribution is -2.14. The van der Waals surface area contributed by atoms with E-state index in [4.69, 9.17) is 17.3 Å². The Balaban J connectivity index is 2.30. The monoisotopic (exact) mass is 237 g/mol. The van der Waals surface area contributed by atoms with Gasteiger partial charge < -0.3 is 16.0 Å². The fraction of sp³-hybridized carbons (Fsp3) is 0. The summed E-state index contributed by atoms with van der Waals surface area (Å²) in [7, 11) is 0. The Kier molecular flexibility index (Phi) is 2.74. The predicted octanol–water partition coefficient (Wildman–Crippen LogP) is 1.14. The number of aromatic nitrogens is 3. The number of nitrogens with zero attached hydrogens (tertiary/aromatic N) is 2. The van der Waals surface area contributed by atoms with Crippen molar-refractivity contribution in [1.82, 2.24) is 15.0 Å². The molecule has 0 spiro atoms. The van der Waals surface area contributed by atoms with Gasteiger partial charge in [-0.15, -0.1) is 0 Å². The summed E-state index contributed by atoms with van der Waals surface area (Å²) in [6.45, 7) is 0. The topological polar surface area (TPSA) is 96.7 Å². The molecule has 7 heteroatoms. The van der Waals surface area contributed by atoms with Crippen LogP contribution in [0.1, 0.15) is 0 Å². The highest BCUT2D eigenvalue weighted by molar-refractivity contribution is 6.30. The molecule has 0 saturated heterocycles. The van der Waals surface area contributed by atoms with Gasteiger partial charge in [0.2, 0.25) is 0 Å². The molecule has 0 saturated carbocycles. The predicted molar refractivity (Wildman–Crippen MR) is 61.8 cm³/mol. The van der Waals surface area contributed by atoms with Crippen molar-refractivity contribution in [1.29, 1.82) is 0 Å². The molecule has 0 aliphatic rings. The zero-order chi connectivity index (χ0) is 11.5. The molecule has 4 N–H and O–H groups in total. The summed E-state index contributed by atoms with van der Waals surface area (Å²) in [6.07, 6.45) is 2.74. The van der Waals surface area contributed by atoms with E-state index in [2.05, 4.69) is 20.3 Å². The van der Waals surface area contributed by atoms with Crippen LogP contribution in [0.25, 0.3) is 0 Å². The van der Waals surface area contributed by atoms with Gasteiger partial charge in [-0.2, -0.15) is 0 Å². The van der Waals surface area contributed by atoms with Crippen LogP contribution >= 0.6 is 11.6 Å². The fourth-order valence-electron chi connectivity index (χ4n) is 1.08. The molecule has 0 radical (unpaired) electrons. The third-order valence-corrected chi connectivity index (χ3v) is 2.09. The molecule has 2 heterocycles. The van der Waals surface area contributed by atoms with E-state index < -0.39 is 5.56 Å². The van der Waals surface area contributed by atoms with Crippen LogP contribution in [0.15, 0.2) is 29.5 Å². The van der Waals surface area contributed by atoms with Gasteiger partial charge in [0.25, 0.3) is 5.56 Å². The second-order valence-corrected chi connectivity index (χ2v) is 3.42. The van der Waals surface area contributed by atoms with Gasteiger partial charge >= 0.3 is 0 Å². The van der Waals surface area contributed by atoms with Crippen LogP contribution in [-0.4, -0.2) is 15.0 Å². The Bertz CT molecular complexity index is 551. The molecule has 16 heavy (non-hydrogen) atoms. The number of hydrogen-bond acceptors (Lipinski definition) is 5. The highest BCUT2D eigenvalue weighted by Crippen LogP contribution is 2.16. The van der Waals surface area contributed by atoms with E-state index in [-0.39, 0.29) is 11.5 Å². The lowest BCUT2D eigenvalue weighted by atomic mass is 10.4. The molecule has 2 aromatic heterocycles. The first-order valence-electron chi connectivity index (χ1n) is 4.38. The van der Waals surface area contributed by atoms with Crippen LogP contribution in [0.5, 0.6) is 0 Å². The van der Waals surface area contributed by atoms with Crippen LogP contribution in [0.4, 0.5) is 17.3 Å². The summed E-state index contributed by atoms with van der Waals surface area (Å²) in [5.74, 6) is 0.771. The third-order valence-electron chi connectivity index (χ3n) is 1.86. The lowest BCUT2D eigenvalue weighted by Gasteiger charge is -2.05. The van der Waals surface area contributed by atoms with Crippen LogP contribution in [-0.2, 0) is 0 Å².